The van der Waals surface area contributed by atoms with Crippen LogP contribution >= 0.6 is 31.9 Å². The second kappa shape index (κ2) is 22.0. The van der Waals surface area contributed by atoms with Crippen molar-refractivity contribution in [1.29, 1.82) is 0 Å². The molecule has 0 saturated heterocycles. The first-order valence-corrected chi connectivity index (χ1v) is 19.8. The number of carbonyl (C=O) groups is 2. The molecule has 0 fully saturated rings. The lowest BCUT2D eigenvalue weighted by molar-refractivity contribution is -0.275. The van der Waals surface area contributed by atoms with E-state index in [-0.39, 0.29) is 23.3 Å². The standard InChI is InChI=1S/C21H12BrF7N2O3.C15H7F7O4.C6H7BrN2/c1-10-9-30-16(22)8-14(10)31-19(32)17-15(7-6-13(18(17)23)20(24,25)26)33-11-2-4-12(5-3-11)34-21(27,28)29;16-12-9(14(17,18)19)5-6-10(11(12)13(23)24)25-7-1-3-8(4-2-7)26-15(20,21)22;1-4-3-9-6(7)2-5(4)8/h2-9H,1H3,(H,30,31,32);1-6H,(H,23,24);2-3H,1H3,(H2,8,9). The highest BCUT2D eigenvalue weighted by Gasteiger charge is 2.39. The number of carboxylic acid groups (broad SMARTS) is 1. The molecule has 368 valence electrons. The van der Waals surface area contributed by atoms with E-state index < -0.39 is 93.8 Å². The van der Waals surface area contributed by atoms with Crippen LogP contribution in [0.25, 0.3) is 0 Å². The number of carbonyl (C=O) groups excluding carboxylic acids is 1. The van der Waals surface area contributed by atoms with E-state index in [0.29, 0.717) is 22.3 Å². The summed E-state index contributed by atoms with van der Waals surface area (Å²) in [4.78, 5) is 31.8. The van der Waals surface area contributed by atoms with Crippen molar-refractivity contribution in [3.8, 4) is 34.5 Å². The van der Waals surface area contributed by atoms with Gasteiger partial charge in [-0.05, 0) is 142 Å². The molecule has 27 heteroatoms. The van der Waals surface area contributed by atoms with E-state index >= 15 is 0 Å². The number of nitrogens with one attached hydrogen (secondary N) is 1. The lowest BCUT2D eigenvalue weighted by Gasteiger charge is -2.17. The number of hydrogen-bond donors (Lipinski definition) is 3. The number of nitrogens with two attached hydrogens (primary N) is 1. The van der Waals surface area contributed by atoms with Crippen molar-refractivity contribution in [2.24, 2.45) is 0 Å². The van der Waals surface area contributed by atoms with E-state index in [1.54, 1.807) is 19.2 Å². The van der Waals surface area contributed by atoms with Gasteiger partial charge in [0.2, 0.25) is 0 Å². The number of aromatic carboxylic acids is 1. The second-order valence-electron chi connectivity index (χ2n) is 13.3. The fourth-order valence-corrected chi connectivity index (χ4v) is 5.82. The Balaban J connectivity index is 0.000000260. The van der Waals surface area contributed by atoms with E-state index in [1.807, 2.05) is 6.92 Å². The Morgan fingerprint density at radius 2 is 0.957 bits per heavy atom. The first kappa shape index (κ1) is 54.7. The highest BCUT2D eigenvalue weighted by molar-refractivity contribution is 9.10. The lowest BCUT2D eigenvalue weighted by Crippen LogP contribution is -2.19. The van der Waals surface area contributed by atoms with Gasteiger partial charge < -0.3 is 35.1 Å². The zero-order valence-corrected chi connectivity index (χ0v) is 37.3. The molecule has 6 aromatic rings. The fourth-order valence-electron chi connectivity index (χ4n) is 5.14. The molecule has 11 nitrogen and oxygen atoms in total. The predicted octanol–water partition coefficient (Wildman–Crippen LogP) is 14.2. The molecule has 0 unspecified atom stereocenters. The normalized spacial score (nSPS) is 11.6. The van der Waals surface area contributed by atoms with Crippen molar-refractivity contribution in [2.45, 2.75) is 38.9 Å². The third kappa shape index (κ3) is 16.1. The summed E-state index contributed by atoms with van der Waals surface area (Å²) in [6.45, 7) is 3.48. The third-order valence-corrected chi connectivity index (χ3v) is 9.13. The number of amides is 1. The molecule has 0 atom stereocenters. The van der Waals surface area contributed by atoms with Gasteiger partial charge in [0.25, 0.3) is 5.91 Å². The maximum atomic E-state index is 14.9. The van der Waals surface area contributed by atoms with E-state index in [1.165, 1.54) is 12.3 Å². The Kier molecular flexibility index (Phi) is 17.5. The molecule has 6 rings (SSSR count). The largest absolute Gasteiger partial charge is 0.573 e. The van der Waals surface area contributed by atoms with Crippen LogP contribution < -0.4 is 30.0 Å². The van der Waals surface area contributed by atoms with Crippen LogP contribution in [0.2, 0.25) is 0 Å². The first-order chi connectivity index (χ1) is 31.8. The Bertz CT molecular complexity index is 2790. The van der Waals surface area contributed by atoms with Crippen LogP contribution in [0.5, 0.6) is 34.5 Å². The smallest absolute Gasteiger partial charge is 0.477 e. The summed E-state index contributed by atoms with van der Waals surface area (Å²) in [5.74, 6) is -10.2. The number of halogens is 16. The summed E-state index contributed by atoms with van der Waals surface area (Å²) in [6.07, 6.45) is -17.0. The van der Waals surface area contributed by atoms with Crippen LogP contribution in [0, 0.1) is 25.5 Å². The molecule has 4 aromatic carbocycles. The van der Waals surface area contributed by atoms with Crippen molar-refractivity contribution in [3.63, 3.8) is 0 Å². The SMILES string of the molecule is Cc1cnc(Br)cc1N.Cc1cnc(Br)cc1NC(=O)c1c(Oc2ccc(OC(F)(F)F)cc2)ccc(C(F)(F)F)c1F.O=C(O)c1c(Oc2ccc(OC(F)(F)F)cc2)ccc(C(F)(F)F)c1F. The van der Waals surface area contributed by atoms with Crippen molar-refractivity contribution in [1.82, 2.24) is 9.97 Å². The van der Waals surface area contributed by atoms with E-state index in [2.05, 4.69) is 56.6 Å². The number of hydrogen-bond acceptors (Lipinski definition) is 9. The zero-order chi connectivity index (χ0) is 51.8. The molecule has 0 radical (unpaired) electrons. The molecule has 0 spiro atoms. The average Bonchev–Trinajstić information content (AvgIpc) is 3.20. The maximum Gasteiger partial charge on any atom is 0.573 e. The summed E-state index contributed by atoms with van der Waals surface area (Å²) in [7, 11) is 0. The molecule has 0 aliphatic rings. The minimum atomic E-state index is -5.12. The number of rotatable bonds is 9. The van der Waals surface area contributed by atoms with Gasteiger partial charge in [0.05, 0.1) is 11.1 Å². The average molecular weight is 1120 g/mol. The molecule has 69 heavy (non-hydrogen) atoms. The number of ether oxygens (including phenoxy) is 4. The first-order valence-electron chi connectivity index (χ1n) is 18.2. The van der Waals surface area contributed by atoms with E-state index in [9.17, 15) is 71.1 Å². The maximum absolute atomic E-state index is 14.9. The minimum Gasteiger partial charge on any atom is -0.477 e. The van der Waals surface area contributed by atoms with Crippen LogP contribution in [0.15, 0.2) is 107 Å². The highest BCUT2D eigenvalue weighted by Crippen LogP contribution is 2.40. The second-order valence-corrected chi connectivity index (χ2v) is 14.9. The molecule has 2 aromatic heterocycles. The quantitative estimate of drug-likeness (QED) is 0.0941. The number of nitrogen functional groups attached to an aromatic ring is 1. The van der Waals surface area contributed by atoms with Gasteiger partial charge in [-0.25, -0.2) is 23.5 Å². The Labute approximate surface area is 395 Å². The van der Waals surface area contributed by atoms with Crippen molar-refractivity contribution in [2.75, 3.05) is 11.1 Å². The number of nitrogens with zero attached hydrogens (tertiary/aromatic N) is 2. The highest BCUT2D eigenvalue weighted by atomic mass is 79.9. The fraction of sp³-hybridized carbons (Fsp3) is 0.143. The van der Waals surface area contributed by atoms with Crippen LogP contribution in [0.4, 0.5) is 72.8 Å². The van der Waals surface area contributed by atoms with Crippen LogP contribution in [-0.4, -0.2) is 39.7 Å². The molecule has 2 heterocycles. The van der Waals surface area contributed by atoms with Crippen molar-refractivity contribution >= 4 is 55.1 Å². The minimum absolute atomic E-state index is 0.142. The third-order valence-electron chi connectivity index (χ3n) is 8.26. The molecular weight excluding hydrogens is 1100 g/mol. The summed E-state index contributed by atoms with van der Waals surface area (Å²) in [5, 5.41) is 11.3. The number of pyridine rings is 2. The van der Waals surface area contributed by atoms with Crippen molar-refractivity contribution in [3.05, 3.63) is 152 Å². The summed E-state index contributed by atoms with van der Waals surface area (Å²) in [6, 6.07) is 12.4. The number of alkyl halides is 12. The van der Waals surface area contributed by atoms with Crippen LogP contribution in [0.1, 0.15) is 43.0 Å². The van der Waals surface area contributed by atoms with Gasteiger partial charge in [-0.15, -0.1) is 26.3 Å². The monoisotopic (exact) mass is 1120 g/mol. The van der Waals surface area contributed by atoms with Gasteiger partial charge in [0, 0.05) is 23.8 Å². The molecule has 4 N–H and O–H groups in total. The van der Waals surface area contributed by atoms with Crippen molar-refractivity contribution < 1.29 is 95.1 Å². The predicted molar refractivity (Wildman–Crippen MR) is 222 cm³/mol. The van der Waals surface area contributed by atoms with Crippen LogP contribution in [-0.2, 0) is 12.4 Å². The summed E-state index contributed by atoms with van der Waals surface area (Å²) >= 11 is 6.29. The molecule has 0 saturated carbocycles. The summed E-state index contributed by atoms with van der Waals surface area (Å²) < 4.78 is 198. The van der Waals surface area contributed by atoms with Crippen LogP contribution in [0.3, 0.4) is 0 Å². The zero-order valence-electron chi connectivity index (χ0n) is 34.2. The number of aromatic nitrogens is 2. The lowest BCUT2D eigenvalue weighted by atomic mass is 10.1. The van der Waals surface area contributed by atoms with Gasteiger partial charge >= 0.3 is 31.0 Å². The summed E-state index contributed by atoms with van der Waals surface area (Å²) in [5.41, 5.74) is 2.00. The van der Waals surface area contributed by atoms with Gasteiger partial charge in [0.1, 0.15) is 54.8 Å². The van der Waals surface area contributed by atoms with Gasteiger partial charge in [-0.3, -0.25) is 4.79 Å². The molecule has 0 aliphatic heterocycles. The number of anilines is 2. The Hall–Kier alpha value is -6.90. The Morgan fingerprint density at radius 1 is 0.580 bits per heavy atom. The van der Waals surface area contributed by atoms with Gasteiger partial charge in [-0.1, -0.05) is 0 Å². The molecule has 1 amide bonds. The number of aryl methyl sites for hydroxylation is 2. The van der Waals surface area contributed by atoms with E-state index in [4.69, 9.17) is 20.3 Å². The molecule has 0 aliphatic carbocycles. The molecular formula is C42H26Br2F14N4O7. The topological polar surface area (TPSA) is 155 Å². The van der Waals surface area contributed by atoms with Gasteiger partial charge in [0.15, 0.2) is 11.6 Å². The van der Waals surface area contributed by atoms with E-state index in [0.717, 1.165) is 70.5 Å². The Morgan fingerprint density at radius 3 is 1.33 bits per heavy atom. The molecule has 0 bridgehead atoms. The number of carboxylic acids is 1. The van der Waals surface area contributed by atoms with Gasteiger partial charge in [-0.2, -0.15) is 26.3 Å². The number of benzene rings is 4.